The van der Waals surface area contributed by atoms with Crippen LogP contribution in [0.2, 0.25) is 0 Å². The van der Waals surface area contributed by atoms with Crippen LogP contribution in [0.3, 0.4) is 0 Å². The molecular formula is C19H29N3O3. The van der Waals surface area contributed by atoms with E-state index in [2.05, 4.69) is 11.0 Å². The minimum Gasteiger partial charge on any atom is -0.350 e. The third-order valence-corrected chi connectivity index (χ3v) is 5.15. The zero-order valence-corrected chi connectivity index (χ0v) is 15.6. The van der Waals surface area contributed by atoms with Crippen molar-refractivity contribution in [1.29, 1.82) is 0 Å². The Kier molecular flexibility index (Phi) is 6.04. The molecular weight excluding hydrogens is 318 g/mol. The van der Waals surface area contributed by atoms with E-state index in [-0.39, 0.29) is 5.91 Å². The maximum atomic E-state index is 12.5. The van der Waals surface area contributed by atoms with E-state index in [1.165, 1.54) is 18.4 Å². The molecule has 1 aromatic rings. The lowest BCUT2D eigenvalue weighted by Crippen LogP contribution is -2.35. The topological polar surface area (TPSA) is 54.9 Å². The maximum absolute atomic E-state index is 12.5. The first-order valence-electron chi connectivity index (χ1n) is 9.16. The Balaban J connectivity index is 1.91. The molecule has 0 N–H and O–H groups in total. The van der Waals surface area contributed by atoms with Gasteiger partial charge in [0.15, 0.2) is 0 Å². The van der Waals surface area contributed by atoms with E-state index in [1.807, 2.05) is 11.9 Å². The molecule has 0 bridgehead atoms. The van der Waals surface area contributed by atoms with Crippen LogP contribution in [0.15, 0.2) is 6.07 Å². The average Bonchev–Trinajstić information content (AvgIpc) is 2.76. The van der Waals surface area contributed by atoms with E-state index in [9.17, 15) is 4.79 Å². The molecule has 2 heterocycles. The summed E-state index contributed by atoms with van der Waals surface area (Å²) in [6.45, 7) is 2.79. The predicted octanol–water partition coefficient (Wildman–Crippen LogP) is 1.92. The number of nitrogens with zero attached hydrogens (tertiary/aromatic N) is 3. The molecule has 0 aromatic carbocycles. The average molecular weight is 347 g/mol. The summed E-state index contributed by atoms with van der Waals surface area (Å²) in [5.41, 5.74) is 4.34. The summed E-state index contributed by atoms with van der Waals surface area (Å²) in [7, 11) is 5.26. The van der Waals surface area contributed by atoms with Gasteiger partial charge < -0.3 is 14.4 Å². The van der Waals surface area contributed by atoms with Crippen molar-refractivity contribution in [2.45, 2.75) is 44.9 Å². The molecule has 1 amide bonds. The summed E-state index contributed by atoms with van der Waals surface area (Å²) < 4.78 is 11.0. The van der Waals surface area contributed by atoms with Crippen molar-refractivity contribution in [2.24, 2.45) is 0 Å². The van der Waals surface area contributed by atoms with Gasteiger partial charge in [-0.2, -0.15) is 0 Å². The predicted molar refractivity (Wildman–Crippen MR) is 95.2 cm³/mol. The number of pyridine rings is 1. The van der Waals surface area contributed by atoms with Crippen molar-refractivity contribution in [3.63, 3.8) is 0 Å². The van der Waals surface area contributed by atoms with Crippen LogP contribution in [0, 0.1) is 0 Å². The Morgan fingerprint density at radius 3 is 2.68 bits per heavy atom. The van der Waals surface area contributed by atoms with Crippen molar-refractivity contribution in [1.82, 2.24) is 14.8 Å². The Morgan fingerprint density at radius 1 is 1.16 bits per heavy atom. The van der Waals surface area contributed by atoms with Crippen LogP contribution in [0.5, 0.6) is 0 Å². The molecule has 1 aliphatic carbocycles. The molecule has 1 saturated heterocycles. The van der Waals surface area contributed by atoms with Gasteiger partial charge in [-0.05, 0) is 50.3 Å². The van der Waals surface area contributed by atoms with Crippen LogP contribution in [0.25, 0.3) is 0 Å². The third kappa shape index (κ3) is 4.19. The molecule has 2 aliphatic rings. The number of carbonyl (C=O) groups is 1. The highest BCUT2D eigenvalue weighted by atomic mass is 16.7. The molecule has 1 aliphatic heterocycles. The Hall–Kier alpha value is -1.50. The Bertz CT molecular complexity index is 616. The third-order valence-electron chi connectivity index (χ3n) is 5.15. The molecule has 0 radical (unpaired) electrons. The van der Waals surface area contributed by atoms with Gasteiger partial charge in [0.1, 0.15) is 5.69 Å². The molecule has 0 unspecified atom stereocenters. The van der Waals surface area contributed by atoms with Crippen molar-refractivity contribution in [3.05, 3.63) is 28.6 Å². The van der Waals surface area contributed by atoms with E-state index in [1.54, 1.807) is 14.2 Å². The van der Waals surface area contributed by atoms with Gasteiger partial charge in [-0.25, -0.2) is 0 Å². The zero-order valence-electron chi connectivity index (χ0n) is 15.6. The molecule has 3 rings (SSSR count). The van der Waals surface area contributed by atoms with Gasteiger partial charge in [-0.15, -0.1) is 0 Å². The van der Waals surface area contributed by atoms with Gasteiger partial charge in [0.2, 0.25) is 12.2 Å². The standard InChI is InChI=1S/C19H29N3O3/c1-21-9-6-10-22(17(23)13-21)12-15-11-14-7-4-5-8-16(14)20-18(15)19(24-2)25-3/h11,19H,4-10,12-13H2,1-3H3. The van der Waals surface area contributed by atoms with Gasteiger partial charge in [0, 0.05) is 39.5 Å². The van der Waals surface area contributed by atoms with Crippen LogP contribution in [-0.4, -0.2) is 61.6 Å². The number of aryl methyl sites for hydroxylation is 2. The maximum Gasteiger partial charge on any atom is 0.237 e. The quantitative estimate of drug-likeness (QED) is 0.762. The molecule has 6 nitrogen and oxygen atoms in total. The lowest BCUT2D eigenvalue weighted by Gasteiger charge is -2.26. The molecule has 25 heavy (non-hydrogen) atoms. The van der Waals surface area contributed by atoms with E-state index in [0.717, 1.165) is 49.3 Å². The Morgan fingerprint density at radius 2 is 1.92 bits per heavy atom. The fourth-order valence-corrected chi connectivity index (χ4v) is 3.79. The normalized spacial score (nSPS) is 19.2. The molecule has 1 fully saturated rings. The van der Waals surface area contributed by atoms with Gasteiger partial charge in [0.05, 0.1) is 6.54 Å². The van der Waals surface area contributed by atoms with Gasteiger partial charge >= 0.3 is 0 Å². The van der Waals surface area contributed by atoms with Crippen LogP contribution in [-0.2, 0) is 33.7 Å². The van der Waals surface area contributed by atoms with Crippen LogP contribution < -0.4 is 0 Å². The lowest BCUT2D eigenvalue weighted by molar-refractivity contribution is -0.131. The first-order valence-corrected chi connectivity index (χ1v) is 9.16. The SMILES string of the molecule is COC(OC)c1nc2c(cc1CN1CCCN(C)CC1=O)CCCC2. The first-order chi connectivity index (χ1) is 12.1. The van der Waals surface area contributed by atoms with Gasteiger partial charge in [-0.3, -0.25) is 14.7 Å². The fraction of sp³-hybridized carbons (Fsp3) is 0.684. The number of aromatic nitrogens is 1. The Labute approximate surface area is 150 Å². The number of methoxy groups -OCH3 is 2. The molecule has 0 spiro atoms. The largest absolute Gasteiger partial charge is 0.350 e. The molecule has 138 valence electrons. The number of hydrogen-bond donors (Lipinski definition) is 0. The summed E-state index contributed by atoms with van der Waals surface area (Å²) in [5, 5.41) is 0. The van der Waals surface area contributed by atoms with Crippen molar-refractivity contribution in [3.8, 4) is 0 Å². The van der Waals surface area contributed by atoms with Crippen LogP contribution in [0.4, 0.5) is 0 Å². The zero-order chi connectivity index (χ0) is 17.8. The fourth-order valence-electron chi connectivity index (χ4n) is 3.79. The van der Waals surface area contributed by atoms with E-state index in [4.69, 9.17) is 14.5 Å². The first kappa shape index (κ1) is 18.3. The highest BCUT2D eigenvalue weighted by molar-refractivity contribution is 5.78. The molecule has 0 atom stereocenters. The van der Waals surface area contributed by atoms with E-state index in [0.29, 0.717) is 13.1 Å². The number of fused-ring (bicyclic) bond motifs is 1. The highest BCUT2D eigenvalue weighted by Crippen LogP contribution is 2.28. The number of amides is 1. The minimum absolute atomic E-state index is 0.176. The summed E-state index contributed by atoms with van der Waals surface area (Å²) >= 11 is 0. The number of rotatable bonds is 5. The number of hydrogen-bond acceptors (Lipinski definition) is 5. The monoisotopic (exact) mass is 347 g/mol. The van der Waals surface area contributed by atoms with Crippen LogP contribution >= 0.6 is 0 Å². The van der Waals surface area contributed by atoms with E-state index >= 15 is 0 Å². The number of ether oxygens (including phenoxy) is 2. The highest BCUT2D eigenvalue weighted by Gasteiger charge is 2.25. The van der Waals surface area contributed by atoms with E-state index < -0.39 is 6.29 Å². The van der Waals surface area contributed by atoms with Crippen molar-refractivity contribution < 1.29 is 14.3 Å². The second kappa shape index (κ2) is 8.25. The minimum atomic E-state index is -0.494. The summed E-state index contributed by atoms with van der Waals surface area (Å²) in [4.78, 5) is 21.5. The lowest BCUT2D eigenvalue weighted by atomic mass is 9.93. The van der Waals surface area contributed by atoms with Crippen LogP contribution in [0.1, 0.15) is 48.1 Å². The summed E-state index contributed by atoms with van der Waals surface area (Å²) in [5.74, 6) is 0.176. The second-order valence-corrected chi connectivity index (χ2v) is 7.06. The number of likely N-dealkylation sites (N-methyl/N-ethyl adjacent to an activating group) is 1. The molecule has 1 aromatic heterocycles. The molecule has 0 saturated carbocycles. The number of carbonyl (C=O) groups excluding carboxylic acids is 1. The summed E-state index contributed by atoms with van der Waals surface area (Å²) in [6.07, 6.45) is 4.97. The van der Waals surface area contributed by atoms with Crippen molar-refractivity contribution in [2.75, 3.05) is 40.9 Å². The van der Waals surface area contributed by atoms with Crippen molar-refractivity contribution >= 4 is 5.91 Å². The second-order valence-electron chi connectivity index (χ2n) is 7.06. The smallest absolute Gasteiger partial charge is 0.237 e. The molecule has 6 heteroatoms. The van der Waals surface area contributed by atoms with Gasteiger partial charge in [0.25, 0.3) is 0 Å². The summed E-state index contributed by atoms with van der Waals surface area (Å²) in [6, 6.07) is 2.23. The van der Waals surface area contributed by atoms with Gasteiger partial charge in [-0.1, -0.05) is 6.07 Å².